The van der Waals surface area contributed by atoms with Gasteiger partial charge in [0.2, 0.25) is 0 Å². The fourth-order valence-electron chi connectivity index (χ4n) is 1.49. The van der Waals surface area contributed by atoms with Gasteiger partial charge in [-0.05, 0) is 12.8 Å². The molecule has 2 rings (SSSR count). The first-order chi connectivity index (χ1) is 5.79. The Labute approximate surface area is 70.6 Å². The van der Waals surface area contributed by atoms with E-state index in [9.17, 15) is 4.79 Å². The highest BCUT2D eigenvalue weighted by atomic mass is 16.2. The number of amides is 1. The van der Waals surface area contributed by atoms with Crippen LogP contribution in [0.5, 0.6) is 0 Å². The summed E-state index contributed by atoms with van der Waals surface area (Å²) in [6.45, 7) is 0.759. The van der Waals surface area contributed by atoms with Crippen molar-refractivity contribution in [3.63, 3.8) is 0 Å². The lowest BCUT2D eigenvalue weighted by Gasteiger charge is -2.00. The van der Waals surface area contributed by atoms with E-state index in [0.29, 0.717) is 5.69 Å². The molecule has 1 aromatic rings. The zero-order valence-electron chi connectivity index (χ0n) is 7.00. The molecule has 1 aliphatic heterocycles. The number of nitrogens with zero attached hydrogens (tertiary/aromatic N) is 2. The molecule has 0 atom stereocenters. The molecule has 0 saturated carbocycles. The van der Waals surface area contributed by atoms with Crippen LogP contribution in [0.4, 0.5) is 0 Å². The first-order valence-corrected chi connectivity index (χ1v) is 4.07. The topological polar surface area (TPSA) is 46.9 Å². The summed E-state index contributed by atoms with van der Waals surface area (Å²) in [5.74, 6) is 0.00231. The van der Waals surface area contributed by atoms with Crippen LogP contribution in [0.15, 0.2) is 6.33 Å². The first kappa shape index (κ1) is 7.34. The molecule has 0 radical (unpaired) electrons. The van der Waals surface area contributed by atoms with E-state index in [1.54, 1.807) is 10.9 Å². The second kappa shape index (κ2) is 2.62. The van der Waals surface area contributed by atoms with Crippen molar-refractivity contribution >= 4 is 5.91 Å². The van der Waals surface area contributed by atoms with E-state index in [2.05, 4.69) is 10.3 Å². The lowest BCUT2D eigenvalue weighted by molar-refractivity contribution is 0.0948. The van der Waals surface area contributed by atoms with E-state index < -0.39 is 0 Å². The molecule has 0 spiro atoms. The summed E-state index contributed by atoms with van der Waals surface area (Å²) in [4.78, 5) is 15.6. The van der Waals surface area contributed by atoms with E-state index in [1.807, 2.05) is 7.05 Å². The highest BCUT2D eigenvalue weighted by molar-refractivity contribution is 5.94. The van der Waals surface area contributed by atoms with Gasteiger partial charge in [0.15, 0.2) is 0 Å². The number of carbonyl (C=O) groups excluding carboxylic acids is 1. The summed E-state index contributed by atoms with van der Waals surface area (Å²) in [5.41, 5.74) is 1.64. The SMILES string of the molecule is Cn1cnc2c1C(=O)NCCC2. The Hall–Kier alpha value is -1.32. The molecular formula is C8H11N3O. The number of fused-ring (bicyclic) bond motifs is 1. The first-order valence-electron chi connectivity index (χ1n) is 4.07. The number of carbonyl (C=O) groups is 1. The Kier molecular flexibility index (Phi) is 1.60. The zero-order chi connectivity index (χ0) is 8.55. The molecule has 1 amide bonds. The molecular weight excluding hydrogens is 154 g/mol. The van der Waals surface area contributed by atoms with Crippen LogP contribution in [0.2, 0.25) is 0 Å². The molecule has 0 fully saturated rings. The van der Waals surface area contributed by atoms with Gasteiger partial charge in [-0.1, -0.05) is 0 Å². The van der Waals surface area contributed by atoms with Crippen molar-refractivity contribution in [3.8, 4) is 0 Å². The highest BCUT2D eigenvalue weighted by Crippen LogP contribution is 2.10. The van der Waals surface area contributed by atoms with E-state index >= 15 is 0 Å². The number of rotatable bonds is 0. The number of aromatic nitrogens is 2. The van der Waals surface area contributed by atoms with E-state index in [0.717, 1.165) is 25.1 Å². The van der Waals surface area contributed by atoms with E-state index in [4.69, 9.17) is 0 Å². The molecule has 1 aromatic heterocycles. The average molecular weight is 165 g/mol. The number of aryl methyl sites for hydroxylation is 2. The predicted octanol–water partition coefficient (Wildman–Crippen LogP) is 0.0961. The molecule has 0 aromatic carbocycles. The van der Waals surface area contributed by atoms with Crippen LogP contribution in [0.25, 0.3) is 0 Å². The van der Waals surface area contributed by atoms with E-state index in [1.165, 1.54) is 0 Å². The molecule has 0 aliphatic carbocycles. The third-order valence-corrected chi connectivity index (χ3v) is 2.10. The summed E-state index contributed by atoms with van der Waals surface area (Å²) in [6, 6.07) is 0. The van der Waals surface area contributed by atoms with Gasteiger partial charge in [0.25, 0.3) is 5.91 Å². The third kappa shape index (κ3) is 0.995. The fraction of sp³-hybridized carbons (Fsp3) is 0.500. The van der Waals surface area contributed by atoms with Crippen LogP contribution in [0, 0.1) is 0 Å². The maximum Gasteiger partial charge on any atom is 0.269 e. The zero-order valence-corrected chi connectivity index (χ0v) is 7.00. The normalized spacial score (nSPS) is 16.6. The van der Waals surface area contributed by atoms with Gasteiger partial charge in [-0.3, -0.25) is 4.79 Å². The standard InChI is InChI=1S/C8H11N3O/c1-11-5-10-6-3-2-4-9-8(12)7(6)11/h5H,2-4H2,1H3,(H,9,12). The van der Waals surface area contributed by atoms with Gasteiger partial charge in [0, 0.05) is 13.6 Å². The second-order valence-electron chi connectivity index (χ2n) is 3.01. The number of hydrogen-bond acceptors (Lipinski definition) is 2. The fourth-order valence-corrected chi connectivity index (χ4v) is 1.49. The molecule has 0 bridgehead atoms. The van der Waals surface area contributed by atoms with Crippen molar-refractivity contribution in [2.75, 3.05) is 6.54 Å². The van der Waals surface area contributed by atoms with Crippen LogP contribution in [-0.2, 0) is 13.5 Å². The maximum absolute atomic E-state index is 11.4. The molecule has 2 heterocycles. The van der Waals surface area contributed by atoms with Crippen molar-refractivity contribution in [2.24, 2.45) is 7.05 Å². The lowest BCUT2D eigenvalue weighted by Crippen LogP contribution is -2.24. The summed E-state index contributed by atoms with van der Waals surface area (Å²) in [6.07, 6.45) is 3.57. The van der Waals surface area contributed by atoms with Gasteiger partial charge >= 0.3 is 0 Å². The summed E-state index contributed by atoms with van der Waals surface area (Å²) in [5, 5.41) is 2.83. The molecule has 4 nitrogen and oxygen atoms in total. The van der Waals surface area contributed by atoms with Crippen molar-refractivity contribution in [1.29, 1.82) is 0 Å². The van der Waals surface area contributed by atoms with Crippen molar-refractivity contribution in [2.45, 2.75) is 12.8 Å². The minimum absolute atomic E-state index is 0.00231. The van der Waals surface area contributed by atoms with Gasteiger partial charge < -0.3 is 9.88 Å². The molecule has 1 aliphatic rings. The van der Waals surface area contributed by atoms with Gasteiger partial charge in [0.1, 0.15) is 5.69 Å². The highest BCUT2D eigenvalue weighted by Gasteiger charge is 2.18. The third-order valence-electron chi connectivity index (χ3n) is 2.10. The number of nitrogens with one attached hydrogen (secondary N) is 1. The van der Waals surface area contributed by atoms with Crippen LogP contribution >= 0.6 is 0 Å². The average Bonchev–Trinajstić information content (AvgIpc) is 2.29. The minimum atomic E-state index is 0.00231. The maximum atomic E-state index is 11.4. The Morgan fingerprint density at radius 2 is 2.50 bits per heavy atom. The molecule has 1 N–H and O–H groups in total. The Morgan fingerprint density at radius 1 is 1.67 bits per heavy atom. The van der Waals surface area contributed by atoms with Crippen molar-refractivity contribution < 1.29 is 4.79 Å². The van der Waals surface area contributed by atoms with Gasteiger partial charge in [-0.2, -0.15) is 0 Å². The monoisotopic (exact) mass is 165 g/mol. The number of imidazole rings is 1. The predicted molar refractivity (Wildman–Crippen MR) is 43.9 cm³/mol. The van der Waals surface area contributed by atoms with Crippen LogP contribution < -0.4 is 5.32 Å². The largest absolute Gasteiger partial charge is 0.351 e. The quantitative estimate of drug-likeness (QED) is 0.592. The second-order valence-corrected chi connectivity index (χ2v) is 3.01. The van der Waals surface area contributed by atoms with E-state index in [-0.39, 0.29) is 5.91 Å². The summed E-state index contributed by atoms with van der Waals surface area (Å²) in [7, 11) is 1.84. The van der Waals surface area contributed by atoms with Crippen LogP contribution in [0.3, 0.4) is 0 Å². The smallest absolute Gasteiger partial charge is 0.269 e. The van der Waals surface area contributed by atoms with Gasteiger partial charge in [-0.15, -0.1) is 0 Å². The van der Waals surface area contributed by atoms with Crippen molar-refractivity contribution in [1.82, 2.24) is 14.9 Å². The molecule has 4 heteroatoms. The van der Waals surface area contributed by atoms with Crippen LogP contribution in [-0.4, -0.2) is 22.0 Å². The molecule has 12 heavy (non-hydrogen) atoms. The Bertz CT molecular complexity index is 316. The Morgan fingerprint density at radius 3 is 3.33 bits per heavy atom. The van der Waals surface area contributed by atoms with Gasteiger partial charge in [0.05, 0.1) is 12.0 Å². The van der Waals surface area contributed by atoms with Crippen LogP contribution in [0.1, 0.15) is 22.6 Å². The van der Waals surface area contributed by atoms with Crippen molar-refractivity contribution in [3.05, 3.63) is 17.7 Å². The molecule has 64 valence electrons. The summed E-state index contributed by atoms with van der Waals surface area (Å²) < 4.78 is 1.77. The minimum Gasteiger partial charge on any atom is -0.351 e. The molecule has 0 saturated heterocycles. The Balaban J connectivity index is 2.49. The summed E-state index contributed by atoms with van der Waals surface area (Å²) >= 11 is 0. The molecule has 0 unspecified atom stereocenters. The lowest BCUT2D eigenvalue weighted by atomic mass is 10.2. The van der Waals surface area contributed by atoms with Gasteiger partial charge in [-0.25, -0.2) is 4.98 Å². The number of hydrogen-bond donors (Lipinski definition) is 1.